The fourth-order valence-corrected chi connectivity index (χ4v) is 4.13. The van der Waals surface area contributed by atoms with Gasteiger partial charge in [0.2, 0.25) is 11.8 Å². The van der Waals surface area contributed by atoms with Crippen molar-refractivity contribution in [3.8, 4) is 0 Å². The average Bonchev–Trinajstić information content (AvgIpc) is 2.83. The normalized spacial score (nSPS) is 22.8. The lowest BCUT2D eigenvalue weighted by Crippen LogP contribution is -2.49. The molecule has 5 rings (SSSR count). The van der Waals surface area contributed by atoms with Gasteiger partial charge in [0.05, 0.1) is 6.54 Å². The van der Waals surface area contributed by atoms with E-state index < -0.39 is 0 Å². The molecule has 2 atom stereocenters. The van der Waals surface area contributed by atoms with Crippen LogP contribution in [-0.2, 0) is 16.1 Å². The molecule has 3 aliphatic rings. The molecule has 3 aliphatic heterocycles. The van der Waals surface area contributed by atoms with Gasteiger partial charge in [-0.3, -0.25) is 14.5 Å². The minimum absolute atomic E-state index is 0.0609. The van der Waals surface area contributed by atoms with Crippen molar-refractivity contribution in [1.82, 2.24) is 29.7 Å². The molecule has 1 aromatic carbocycles. The van der Waals surface area contributed by atoms with Gasteiger partial charge in [0.1, 0.15) is 17.6 Å². The first kappa shape index (κ1) is 17.9. The van der Waals surface area contributed by atoms with Crippen molar-refractivity contribution in [3.05, 3.63) is 24.3 Å². The number of amides is 2. The van der Waals surface area contributed by atoms with E-state index in [1.54, 1.807) is 19.0 Å². The second-order valence-electron chi connectivity index (χ2n) is 7.84. The van der Waals surface area contributed by atoms with Crippen LogP contribution in [-0.4, -0.2) is 87.8 Å². The van der Waals surface area contributed by atoms with Gasteiger partial charge in [0.15, 0.2) is 0 Å². The van der Waals surface area contributed by atoms with Crippen LogP contribution in [0.3, 0.4) is 0 Å². The van der Waals surface area contributed by atoms with Gasteiger partial charge in [-0.1, -0.05) is 12.1 Å². The van der Waals surface area contributed by atoms with Crippen LogP contribution in [0.1, 0.15) is 12.8 Å². The van der Waals surface area contributed by atoms with Crippen LogP contribution in [0.15, 0.2) is 24.3 Å². The molecule has 3 fully saturated rings. The van der Waals surface area contributed by atoms with E-state index in [-0.39, 0.29) is 24.4 Å². The minimum Gasteiger partial charge on any atom is -0.348 e. The van der Waals surface area contributed by atoms with Crippen LogP contribution in [0.5, 0.6) is 0 Å². The van der Waals surface area contributed by atoms with E-state index in [1.165, 1.54) is 4.80 Å². The Labute approximate surface area is 158 Å². The summed E-state index contributed by atoms with van der Waals surface area (Å²) in [6.07, 6.45) is 2.11. The molecule has 144 valence electrons. The number of likely N-dealkylation sites (N-methyl/N-ethyl adjacent to an activating group) is 1. The van der Waals surface area contributed by atoms with E-state index in [9.17, 15) is 9.59 Å². The van der Waals surface area contributed by atoms with Gasteiger partial charge >= 0.3 is 0 Å². The largest absolute Gasteiger partial charge is 0.348 e. The topological polar surface area (TPSA) is 74.6 Å². The monoisotopic (exact) mass is 370 g/mol. The lowest BCUT2D eigenvalue weighted by molar-refractivity contribution is -0.136. The average molecular weight is 370 g/mol. The number of nitrogens with zero attached hydrogens (tertiary/aromatic N) is 6. The van der Waals surface area contributed by atoms with E-state index >= 15 is 0 Å². The zero-order valence-electron chi connectivity index (χ0n) is 15.9. The molecule has 2 amide bonds. The third-order valence-electron chi connectivity index (χ3n) is 5.57. The Kier molecular flexibility index (Phi) is 4.82. The molecule has 2 unspecified atom stereocenters. The first-order valence-electron chi connectivity index (χ1n) is 9.51. The van der Waals surface area contributed by atoms with Gasteiger partial charge in [0.25, 0.3) is 0 Å². The summed E-state index contributed by atoms with van der Waals surface area (Å²) >= 11 is 0. The first-order valence-corrected chi connectivity index (χ1v) is 9.51. The zero-order chi connectivity index (χ0) is 19.0. The summed E-state index contributed by atoms with van der Waals surface area (Å²) in [6.45, 7) is 2.99. The number of fused-ring (bicyclic) bond motifs is 5. The SMILES string of the molecule is CN(C)C(=O)CN1CC2CCC(C1)N(C(=O)Cn1nc3ccccc3n1)C2. The van der Waals surface area contributed by atoms with E-state index in [1.807, 2.05) is 29.2 Å². The van der Waals surface area contributed by atoms with E-state index in [2.05, 4.69) is 15.1 Å². The maximum atomic E-state index is 13.0. The Bertz CT molecular complexity index is 815. The molecule has 2 bridgehead atoms. The Balaban J connectivity index is 1.44. The van der Waals surface area contributed by atoms with Crippen molar-refractivity contribution in [2.75, 3.05) is 40.3 Å². The van der Waals surface area contributed by atoms with Crippen molar-refractivity contribution in [1.29, 1.82) is 0 Å². The van der Waals surface area contributed by atoms with Crippen molar-refractivity contribution < 1.29 is 9.59 Å². The summed E-state index contributed by atoms with van der Waals surface area (Å²) in [6, 6.07) is 7.80. The lowest BCUT2D eigenvalue weighted by atomic mass is 9.95. The predicted octanol–water partition coefficient (Wildman–Crippen LogP) is 0.442. The Morgan fingerprint density at radius 1 is 1.04 bits per heavy atom. The highest BCUT2D eigenvalue weighted by atomic mass is 16.2. The number of carbonyl (C=O) groups is 2. The highest BCUT2D eigenvalue weighted by Gasteiger charge is 2.37. The fraction of sp³-hybridized carbons (Fsp3) is 0.579. The molecular weight excluding hydrogens is 344 g/mol. The van der Waals surface area contributed by atoms with Crippen LogP contribution in [0.4, 0.5) is 0 Å². The number of carbonyl (C=O) groups excluding carboxylic acids is 2. The van der Waals surface area contributed by atoms with Crippen molar-refractivity contribution in [3.63, 3.8) is 0 Å². The van der Waals surface area contributed by atoms with Crippen LogP contribution in [0.2, 0.25) is 0 Å². The summed E-state index contributed by atoms with van der Waals surface area (Å²) in [4.78, 5) is 32.4. The van der Waals surface area contributed by atoms with Gasteiger partial charge in [-0.25, -0.2) is 0 Å². The molecular formula is C19H26N6O2. The number of rotatable bonds is 4. The summed E-state index contributed by atoms with van der Waals surface area (Å²) in [5, 5.41) is 8.81. The highest BCUT2D eigenvalue weighted by molar-refractivity contribution is 5.78. The zero-order valence-corrected chi connectivity index (χ0v) is 15.9. The smallest absolute Gasteiger partial charge is 0.246 e. The third kappa shape index (κ3) is 3.80. The second-order valence-corrected chi connectivity index (χ2v) is 7.84. The molecule has 0 saturated carbocycles. The number of piperidine rings is 1. The molecule has 8 heteroatoms. The maximum Gasteiger partial charge on any atom is 0.246 e. The molecule has 3 saturated heterocycles. The van der Waals surface area contributed by atoms with Gasteiger partial charge in [-0.15, -0.1) is 0 Å². The van der Waals surface area contributed by atoms with Crippen LogP contribution in [0, 0.1) is 5.92 Å². The standard InChI is InChI=1S/C19H26N6O2/c1-22(2)18(26)12-23-9-14-7-8-15(11-23)24(10-14)19(27)13-25-20-16-5-3-4-6-17(16)21-25/h3-6,14-15H,7-13H2,1-2H3. The quantitative estimate of drug-likeness (QED) is 0.781. The number of hydrogen-bond donors (Lipinski definition) is 0. The highest BCUT2D eigenvalue weighted by Crippen LogP contribution is 2.28. The van der Waals surface area contributed by atoms with E-state index in [4.69, 9.17) is 0 Å². The number of benzene rings is 1. The predicted molar refractivity (Wildman–Crippen MR) is 101 cm³/mol. The minimum atomic E-state index is 0.0609. The third-order valence-corrected chi connectivity index (χ3v) is 5.57. The van der Waals surface area contributed by atoms with Crippen LogP contribution < -0.4 is 0 Å². The maximum absolute atomic E-state index is 13.0. The van der Waals surface area contributed by atoms with Gasteiger partial charge < -0.3 is 9.80 Å². The molecule has 2 aromatic rings. The molecule has 0 N–H and O–H groups in total. The van der Waals surface area contributed by atoms with Crippen LogP contribution >= 0.6 is 0 Å². The summed E-state index contributed by atoms with van der Waals surface area (Å²) in [5.41, 5.74) is 1.60. The fourth-order valence-electron chi connectivity index (χ4n) is 4.13. The molecule has 27 heavy (non-hydrogen) atoms. The van der Waals surface area contributed by atoms with E-state index in [0.717, 1.165) is 43.5 Å². The van der Waals surface area contributed by atoms with Crippen molar-refractivity contribution >= 4 is 22.8 Å². The summed E-state index contributed by atoms with van der Waals surface area (Å²) in [7, 11) is 3.57. The number of aromatic nitrogens is 3. The molecule has 0 aliphatic carbocycles. The summed E-state index contributed by atoms with van der Waals surface area (Å²) < 4.78 is 0. The van der Waals surface area contributed by atoms with Crippen molar-refractivity contribution in [2.24, 2.45) is 5.92 Å². The molecule has 8 nitrogen and oxygen atoms in total. The Morgan fingerprint density at radius 3 is 2.41 bits per heavy atom. The Morgan fingerprint density at radius 2 is 1.74 bits per heavy atom. The van der Waals surface area contributed by atoms with Gasteiger partial charge in [0, 0.05) is 39.8 Å². The molecule has 1 aromatic heterocycles. The lowest BCUT2D eigenvalue weighted by Gasteiger charge is -2.36. The first-order chi connectivity index (χ1) is 13.0. The van der Waals surface area contributed by atoms with E-state index in [0.29, 0.717) is 12.5 Å². The Hall–Kier alpha value is -2.48. The van der Waals surface area contributed by atoms with Gasteiger partial charge in [-0.2, -0.15) is 15.0 Å². The van der Waals surface area contributed by atoms with Crippen LogP contribution in [0.25, 0.3) is 11.0 Å². The summed E-state index contributed by atoms with van der Waals surface area (Å²) in [5.74, 6) is 0.597. The molecule has 4 heterocycles. The van der Waals surface area contributed by atoms with Gasteiger partial charge in [-0.05, 0) is 30.9 Å². The molecule has 0 spiro atoms. The second kappa shape index (κ2) is 7.26. The van der Waals surface area contributed by atoms with Crippen molar-refractivity contribution in [2.45, 2.75) is 25.4 Å². The number of hydrogen-bond acceptors (Lipinski definition) is 5. The molecule has 0 radical (unpaired) electrons.